The smallest absolute Gasteiger partial charge is 0.163 e. The number of hydrogen-bond acceptors (Lipinski definition) is 5. The van der Waals surface area contributed by atoms with Gasteiger partial charge in [0, 0.05) is 43.9 Å². The third kappa shape index (κ3) is 4.48. The highest BCUT2D eigenvalue weighted by atomic mass is 15.3. The average molecular weight is 339 g/mol. The molecule has 1 aromatic carbocycles. The minimum atomic E-state index is 0.392. The lowest BCUT2D eigenvalue weighted by molar-refractivity contribution is 0.270. The van der Waals surface area contributed by atoms with Crippen molar-refractivity contribution < 1.29 is 0 Å². The number of anilines is 2. The SMILES string of the molecule is CCC(C)Nc1cc(N2CCN(CC)CC2)nc(-c2ccccc2)n1. The normalized spacial score (nSPS) is 16.7. The van der Waals surface area contributed by atoms with Crippen LogP contribution in [-0.4, -0.2) is 53.6 Å². The predicted octanol–water partition coefficient (Wildman–Crippen LogP) is 3.50. The second-order valence-corrected chi connectivity index (χ2v) is 6.68. The molecule has 25 heavy (non-hydrogen) atoms. The summed E-state index contributed by atoms with van der Waals surface area (Å²) in [6.07, 6.45) is 1.06. The van der Waals surface area contributed by atoms with Crippen LogP contribution in [0.1, 0.15) is 27.2 Å². The molecule has 2 aromatic rings. The zero-order chi connectivity index (χ0) is 17.6. The summed E-state index contributed by atoms with van der Waals surface area (Å²) in [4.78, 5) is 14.5. The summed E-state index contributed by atoms with van der Waals surface area (Å²) in [7, 11) is 0. The third-order valence-electron chi connectivity index (χ3n) is 4.89. The Labute approximate surface area is 151 Å². The van der Waals surface area contributed by atoms with E-state index in [1.54, 1.807) is 0 Å². The summed E-state index contributed by atoms with van der Waals surface area (Å²) in [6.45, 7) is 11.9. The monoisotopic (exact) mass is 339 g/mol. The average Bonchev–Trinajstić information content (AvgIpc) is 2.68. The molecule has 1 unspecified atom stereocenters. The van der Waals surface area contributed by atoms with Gasteiger partial charge in [-0.1, -0.05) is 44.2 Å². The van der Waals surface area contributed by atoms with Gasteiger partial charge in [0.2, 0.25) is 0 Å². The molecule has 1 atom stereocenters. The maximum absolute atomic E-state index is 4.87. The van der Waals surface area contributed by atoms with Gasteiger partial charge in [0.15, 0.2) is 5.82 Å². The quantitative estimate of drug-likeness (QED) is 0.873. The van der Waals surface area contributed by atoms with Gasteiger partial charge >= 0.3 is 0 Å². The van der Waals surface area contributed by atoms with Crippen molar-refractivity contribution >= 4 is 11.6 Å². The molecule has 0 radical (unpaired) electrons. The van der Waals surface area contributed by atoms with E-state index < -0.39 is 0 Å². The lowest BCUT2D eigenvalue weighted by Gasteiger charge is -2.35. The maximum Gasteiger partial charge on any atom is 0.163 e. The summed E-state index contributed by atoms with van der Waals surface area (Å²) in [6, 6.07) is 12.7. The first-order valence-electron chi connectivity index (χ1n) is 9.38. The summed E-state index contributed by atoms with van der Waals surface area (Å²) in [5.74, 6) is 2.73. The van der Waals surface area contributed by atoms with Crippen molar-refractivity contribution in [3.05, 3.63) is 36.4 Å². The van der Waals surface area contributed by atoms with Crippen molar-refractivity contribution in [3.63, 3.8) is 0 Å². The number of aromatic nitrogens is 2. The van der Waals surface area contributed by atoms with Crippen LogP contribution in [0.3, 0.4) is 0 Å². The Kier molecular flexibility index (Phi) is 5.87. The minimum absolute atomic E-state index is 0.392. The molecule has 5 nitrogen and oxygen atoms in total. The molecule has 0 aliphatic carbocycles. The molecule has 1 fully saturated rings. The summed E-state index contributed by atoms with van der Waals surface area (Å²) >= 11 is 0. The first-order valence-corrected chi connectivity index (χ1v) is 9.38. The van der Waals surface area contributed by atoms with Crippen molar-refractivity contribution in [2.45, 2.75) is 33.2 Å². The van der Waals surface area contributed by atoms with Gasteiger partial charge < -0.3 is 15.1 Å². The van der Waals surface area contributed by atoms with Crippen molar-refractivity contribution in [1.29, 1.82) is 0 Å². The highest BCUT2D eigenvalue weighted by Crippen LogP contribution is 2.24. The third-order valence-corrected chi connectivity index (χ3v) is 4.89. The Morgan fingerprint density at radius 2 is 1.76 bits per heavy atom. The minimum Gasteiger partial charge on any atom is -0.367 e. The number of hydrogen-bond donors (Lipinski definition) is 1. The molecular formula is C20H29N5. The van der Waals surface area contributed by atoms with E-state index in [1.807, 2.05) is 18.2 Å². The van der Waals surface area contributed by atoms with Crippen LogP contribution >= 0.6 is 0 Å². The van der Waals surface area contributed by atoms with Crippen LogP contribution in [0.15, 0.2) is 36.4 Å². The second kappa shape index (κ2) is 8.30. The van der Waals surface area contributed by atoms with E-state index in [4.69, 9.17) is 9.97 Å². The number of nitrogens with zero attached hydrogens (tertiary/aromatic N) is 4. The van der Waals surface area contributed by atoms with Crippen LogP contribution in [0, 0.1) is 0 Å². The topological polar surface area (TPSA) is 44.3 Å². The fraction of sp³-hybridized carbons (Fsp3) is 0.500. The second-order valence-electron chi connectivity index (χ2n) is 6.68. The van der Waals surface area contributed by atoms with Crippen LogP contribution in [0.4, 0.5) is 11.6 Å². The van der Waals surface area contributed by atoms with Gasteiger partial charge in [-0.2, -0.15) is 0 Å². The molecule has 1 saturated heterocycles. The van der Waals surface area contributed by atoms with Crippen molar-refractivity contribution in [2.75, 3.05) is 42.9 Å². The van der Waals surface area contributed by atoms with Crippen LogP contribution in [0.5, 0.6) is 0 Å². The van der Waals surface area contributed by atoms with Crippen molar-refractivity contribution in [1.82, 2.24) is 14.9 Å². The Bertz CT molecular complexity index is 665. The maximum atomic E-state index is 4.87. The number of likely N-dealkylation sites (N-methyl/N-ethyl adjacent to an activating group) is 1. The highest BCUT2D eigenvalue weighted by Gasteiger charge is 2.19. The molecule has 1 aliphatic heterocycles. The van der Waals surface area contributed by atoms with Gasteiger partial charge in [0.05, 0.1) is 0 Å². The molecule has 1 N–H and O–H groups in total. The van der Waals surface area contributed by atoms with E-state index in [1.165, 1.54) is 0 Å². The van der Waals surface area contributed by atoms with Crippen molar-refractivity contribution in [2.24, 2.45) is 0 Å². The van der Waals surface area contributed by atoms with E-state index in [-0.39, 0.29) is 0 Å². The Balaban J connectivity index is 1.90. The molecule has 134 valence electrons. The van der Waals surface area contributed by atoms with Crippen molar-refractivity contribution in [3.8, 4) is 11.4 Å². The van der Waals surface area contributed by atoms with Gasteiger partial charge in [-0.3, -0.25) is 0 Å². The van der Waals surface area contributed by atoms with E-state index in [0.29, 0.717) is 6.04 Å². The van der Waals surface area contributed by atoms with Gasteiger partial charge in [-0.15, -0.1) is 0 Å². The summed E-state index contributed by atoms with van der Waals surface area (Å²) in [5.41, 5.74) is 1.06. The summed E-state index contributed by atoms with van der Waals surface area (Å²) < 4.78 is 0. The molecule has 0 saturated carbocycles. The molecule has 1 aromatic heterocycles. The first kappa shape index (κ1) is 17.7. The first-order chi connectivity index (χ1) is 12.2. The number of rotatable bonds is 6. The number of piperazine rings is 1. The number of nitrogens with one attached hydrogen (secondary N) is 1. The molecule has 3 rings (SSSR count). The van der Waals surface area contributed by atoms with Gasteiger partial charge in [0.25, 0.3) is 0 Å². The molecule has 2 heterocycles. The standard InChI is InChI=1S/C20H29N5/c1-4-16(3)21-18-15-19(25-13-11-24(5-2)12-14-25)23-20(22-18)17-9-7-6-8-10-17/h6-10,15-16H,4-5,11-14H2,1-3H3,(H,21,22,23). The molecule has 5 heteroatoms. The summed E-state index contributed by atoms with van der Waals surface area (Å²) in [5, 5.41) is 3.51. The van der Waals surface area contributed by atoms with Crippen LogP contribution < -0.4 is 10.2 Å². The van der Waals surface area contributed by atoms with Crippen LogP contribution in [0.25, 0.3) is 11.4 Å². The van der Waals surface area contributed by atoms with Crippen LogP contribution in [0.2, 0.25) is 0 Å². The number of benzene rings is 1. The fourth-order valence-electron chi connectivity index (χ4n) is 3.03. The Morgan fingerprint density at radius 3 is 2.40 bits per heavy atom. The lowest BCUT2D eigenvalue weighted by Crippen LogP contribution is -2.46. The largest absolute Gasteiger partial charge is 0.367 e. The Morgan fingerprint density at radius 1 is 1.04 bits per heavy atom. The van der Waals surface area contributed by atoms with E-state index in [9.17, 15) is 0 Å². The zero-order valence-corrected chi connectivity index (χ0v) is 15.6. The zero-order valence-electron chi connectivity index (χ0n) is 15.6. The van der Waals surface area contributed by atoms with E-state index in [0.717, 1.165) is 62.2 Å². The van der Waals surface area contributed by atoms with Gasteiger partial charge in [-0.25, -0.2) is 9.97 Å². The predicted molar refractivity (Wildman–Crippen MR) is 105 cm³/mol. The molecule has 0 bridgehead atoms. The molecule has 0 spiro atoms. The molecule has 0 amide bonds. The van der Waals surface area contributed by atoms with Crippen LogP contribution in [-0.2, 0) is 0 Å². The highest BCUT2D eigenvalue weighted by molar-refractivity contribution is 5.62. The fourth-order valence-corrected chi connectivity index (χ4v) is 3.03. The van der Waals surface area contributed by atoms with E-state index >= 15 is 0 Å². The lowest BCUT2D eigenvalue weighted by atomic mass is 10.2. The molecular weight excluding hydrogens is 310 g/mol. The van der Waals surface area contributed by atoms with E-state index in [2.05, 4.69) is 54.1 Å². The van der Waals surface area contributed by atoms with Gasteiger partial charge in [0.1, 0.15) is 11.6 Å². The Hall–Kier alpha value is -2.14. The molecule has 1 aliphatic rings. The van der Waals surface area contributed by atoms with Gasteiger partial charge in [-0.05, 0) is 19.9 Å².